The molecule has 0 aliphatic carbocycles. The van der Waals surface area contributed by atoms with Crippen LogP contribution in [0.2, 0.25) is 5.02 Å². The molecule has 0 spiro atoms. The Balaban J connectivity index is 1.65. The zero-order valence-electron chi connectivity index (χ0n) is 15.2. The number of rotatable bonds is 7. The predicted molar refractivity (Wildman–Crippen MR) is 107 cm³/mol. The van der Waals surface area contributed by atoms with Gasteiger partial charge in [-0.15, -0.1) is 10.2 Å². The molecule has 0 radical (unpaired) electrons. The molecule has 6 heteroatoms. The molecule has 3 aromatic rings. The highest BCUT2D eigenvalue weighted by molar-refractivity contribution is 7.98. The van der Waals surface area contributed by atoms with Gasteiger partial charge in [-0.2, -0.15) is 0 Å². The molecule has 0 bridgehead atoms. The van der Waals surface area contributed by atoms with E-state index in [9.17, 15) is 0 Å². The molecule has 0 aliphatic rings. The smallest absolute Gasteiger partial charge is 0.191 e. The fourth-order valence-electron chi connectivity index (χ4n) is 2.54. The van der Waals surface area contributed by atoms with E-state index in [0.29, 0.717) is 6.61 Å². The summed E-state index contributed by atoms with van der Waals surface area (Å²) in [6.07, 6.45) is 0. The Morgan fingerprint density at radius 3 is 2.54 bits per heavy atom. The maximum Gasteiger partial charge on any atom is 0.191 e. The number of thioether (sulfide) groups is 1. The van der Waals surface area contributed by atoms with E-state index in [4.69, 9.17) is 16.3 Å². The van der Waals surface area contributed by atoms with Gasteiger partial charge in [0.2, 0.25) is 0 Å². The van der Waals surface area contributed by atoms with Crippen LogP contribution in [0.15, 0.2) is 47.6 Å². The van der Waals surface area contributed by atoms with E-state index in [1.54, 1.807) is 11.8 Å². The van der Waals surface area contributed by atoms with Gasteiger partial charge in [0, 0.05) is 17.3 Å². The van der Waals surface area contributed by atoms with Gasteiger partial charge in [-0.25, -0.2) is 0 Å². The van der Waals surface area contributed by atoms with Gasteiger partial charge >= 0.3 is 0 Å². The monoisotopic (exact) mass is 387 g/mol. The van der Waals surface area contributed by atoms with Gasteiger partial charge in [-0.05, 0) is 50.1 Å². The molecule has 0 amide bonds. The second-order valence-corrected chi connectivity index (χ2v) is 7.47. The van der Waals surface area contributed by atoms with E-state index in [-0.39, 0.29) is 0 Å². The van der Waals surface area contributed by atoms with Crippen molar-refractivity contribution in [2.24, 2.45) is 0 Å². The second kappa shape index (κ2) is 8.60. The minimum absolute atomic E-state index is 0.382. The minimum atomic E-state index is 0.382. The molecular weight excluding hydrogens is 366 g/mol. The van der Waals surface area contributed by atoms with Crippen LogP contribution in [0.3, 0.4) is 0 Å². The van der Waals surface area contributed by atoms with E-state index in [0.717, 1.165) is 39.6 Å². The molecule has 1 heterocycles. The number of hydrogen-bond acceptors (Lipinski definition) is 4. The summed E-state index contributed by atoms with van der Waals surface area (Å²) in [5.74, 6) is 2.48. The molecule has 0 saturated carbocycles. The Morgan fingerprint density at radius 1 is 1.08 bits per heavy atom. The van der Waals surface area contributed by atoms with Crippen molar-refractivity contribution in [3.8, 4) is 5.75 Å². The third-order valence-corrected chi connectivity index (χ3v) is 5.56. The van der Waals surface area contributed by atoms with E-state index < -0.39 is 0 Å². The van der Waals surface area contributed by atoms with Crippen molar-refractivity contribution in [2.75, 3.05) is 0 Å². The van der Waals surface area contributed by atoms with Crippen molar-refractivity contribution in [1.82, 2.24) is 14.8 Å². The van der Waals surface area contributed by atoms with Crippen molar-refractivity contribution in [1.29, 1.82) is 0 Å². The molecule has 1 aromatic heterocycles. The highest BCUT2D eigenvalue weighted by Gasteiger charge is 2.12. The average molecular weight is 388 g/mol. The van der Waals surface area contributed by atoms with Crippen LogP contribution in [0.5, 0.6) is 5.75 Å². The number of hydrogen-bond donors (Lipinski definition) is 0. The lowest BCUT2D eigenvalue weighted by molar-refractivity contribution is 0.288. The minimum Gasteiger partial charge on any atom is -0.486 e. The molecular formula is C20H22ClN3OS. The van der Waals surface area contributed by atoms with Crippen LogP contribution in [-0.2, 0) is 18.9 Å². The van der Waals surface area contributed by atoms with Gasteiger partial charge in [-0.3, -0.25) is 0 Å². The molecule has 3 rings (SSSR count). The zero-order valence-corrected chi connectivity index (χ0v) is 16.8. The first kappa shape index (κ1) is 18.8. The first-order valence-corrected chi connectivity index (χ1v) is 9.92. The van der Waals surface area contributed by atoms with Crippen molar-refractivity contribution in [3.05, 3.63) is 70.0 Å². The van der Waals surface area contributed by atoms with E-state index in [2.05, 4.69) is 52.9 Å². The van der Waals surface area contributed by atoms with Crippen LogP contribution in [0.1, 0.15) is 29.4 Å². The van der Waals surface area contributed by atoms with Gasteiger partial charge in [0.1, 0.15) is 12.4 Å². The van der Waals surface area contributed by atoms with Crippen LogP contribution < -0.4 is 4.74 Å². The first-order chi connectivity index (χ1) is 12.6. The standard InChI is InChI=1S/C20H22ClN3OS/c1-4-24-19(12-25-17-9-10-18(21)15(3)11-17)22-23-20(24)26-13-16-7-5-14(2)6-8-16/h5-11H,4,12-13H2,1-3H3. The normalized spacial score (nSPS) is 10.9. The fourth-order valence-corrected chi connectivity index (χ4v) is 3.63. The molecule has 0 aliphatic heterocycles. The van der Waals surface area contributed by atoms with Gasteiger partial charge < -0.3 is 9.30 Å². The highest BCUT2D eigenvalue weighted by Crippen LogP contribution is 2.24. The summed E-state index contributed by atoms with van der Waals surface area (Å²) in [7, 11) is 0. The predicted octanol–water partition coefficient (Wildman–Crippen LogP) is 5.44. The van der Waals surface area contributed by atoms with Crippen molar-refractivity contribution >= 4 is 23.4 Å². The zero-order chi connectivity index (χ0) is 18.5. The van der Waals surface area contributed by atoms with Gasteiger partial charge in [0.15, 0.2) is 11.0 Å². The quantitative estimate of drug-likeness (QED) is 0.506. The topological polar surface area (TPSA) is 39.9 Å². The second-order valence-electron chi connectivity index (χ2n) is 6.12. The van der Waals surface area contributed by atoms with Crippen LogP contribution in [0.4, 0.5) is 0 Å². The van der Waals surface area contributed by atoms with Crippen LogP contribution >= 0.6 is 23.4 Å². The lowest BCUT2D eigenvalue weighted by atomic mass is 10.2. The van der Waals surface area contributed by atoms with Crippen LogP contribution in [-0.4, -0.2) is 14.8 Å². The lowest BCUT2D eigenvalue weighted by Crippen LogP contribution is -2.07. The Bertz CT molecular complexity index is 877. The molecule has 0 saturated heterocycles. The summed E-state index contributed by atoms with van der Waals surface area (Å²) in [6, 6.07) is 14.2. The molecule has 0 fully saturated rings. The van der Waals surface area contributed by atoms with Crippen LogP contribution in [0, 0.1) is 13.8 Å². The van der Waals surface area contributed by atoms with Crippen molar-refractivity contribution in [3.63, 3.8) is 0 Å². The summed E-state index contributed by atoms with van der Waals surface area (Å²) in [5.41, 5.74) is 3.54. The lowest BCUT2D eigenvalue weighted by Gasteiger charge is -2.10. The third-order valence-electron chi connectivity index (χ3n) is 4.10. The molecule has 0 unspecified atom stereocenters. The SMILES string of the molecule is CCn1c(COc2ccc(Cl)c(C)c2)nnc1SCc1ccc(C)cc1. The Kier molecular flexibility index (Phi) is 6.22. The van der Waals surface area contributed by atoms with E-state index in [1.165, 1.54) is 11.1 Å². The average Bonchev–Trinajstić information content (AvgIpc) is 3.04. The molecule has 4 nitrogen and oxygen atoms in total. The van der Waals surface area contributed by atoms with E-state index >= 15 is 0 Å². The Labute approximate surface area is 163 Å². The molecule has 2 aromatic carbocycles. The molecule has 0 atom stereocenters. The number of benzene rings is 2. The number of aryl methyl sites for hydroxylation is 2. The van der Waals surface area contributed by atoms with Gasteiger partial charge in [-0.1, -0.05) is 53.2 Å². The summed E-state index contributed by atoms with van der Waals surface area (Å²) in [6.45, 7) is 7.34. The molecule has 26 heavy (non-hydrogen) atoms. The van der Waals surface area contributed by atoms with Crippen LogP contribution in [0.25, 0.3) is 0 Å². The third kappa shape index (κ3) is 4.59. The van der Waals surface area contributed by atoms with E-state index in [1.807, 2.05) is 25.1 Å². The number of ether oxygens (including phenoxy) is 1. The number of nitrogens with zero attached hydrogens (tertiary/aromatic N) is 3. The summed E-state index contributed by atoms with van der Waals surface area (Å²) in [5, 5.41) is 10.3. The van der Waals surface area contributed by atoms with Crippen molar-refractivity contribution < 1.29 is 4.74 Å². The molecule has 136 valence electrons. The van der Waals surface area contributed by atoms with Crippen molar-refractivity contribution in [2.45, 2.75) is 44.8 Å². The summed E-state index contributed by atoms with van der Waals surface area (Å²) in [4.78, 5) is 0. The largest absolute Gasteiger partial charge is 0.486 e. The Hall–Kier alpha value is -1.98. The summed E-state index contributed by atoms with van der Waals surface area (Å²) < 4.78 is 7.97. The fraction of sp³-hybridized carbons (Fsp3) is 0.300. The Morgan fingerprint density at radius 2 is 1.85 bits per heavy atom. The number of aromatic nitrogens is 3. The van der Waals surface area contributed by atoms with Gasteiger partial charge in [0.05, 0.1) is 0 Å². The summed E-state index contributed by atoms with van der Waals surface area (Å²) >= 11 is 7.75. The maximum atomic E-state index is 6.06. The highest BCUT2D eigenvalue weighted by atomic mass is 35.5. The molecule has 0 N–H and O–H groups in total. The number of halogens is 1. The first-order valence-electron chi connectivity index (χ1n) is 8.56. The maximum absolute atomic E-state index is 6.06. The van der Waals surface area contributed by atoms with Gasteiger partial charge in [0.25, 0.3) is 0 Å².